The maximum atomic E-state index is 5.92. The molecule has 0 rings (SSSR count). The highest BCUT2D eigenvalue weighted by molar-refractivity contribution is 6.20. The Hall–Kier alpha value is -0.430. The molecule has 0 aromatic rings. The summed E-state index contributed by atoms with van der Waals surface area (Å²) < 4.78 is 0. The van der Waals surface area contributed by atoms with Crippen LogP contribution in [0.2, 0.25) is 0 Å². The van der Waals surface area contributed by atoms with Crippen molar-refractivity contribution in [3.63, 3.8) is 0 Å². The fourth-order valence-electron chi connectivity index (χ4n) is 1.24. The summed E-state index contributed by atoms with van der Waals surface area (Å²) in [7, 11) is 2.11. The smallest absolute Gasteiger partial charge is 0.0462 e. The van der Waals surface area contributed by atoms with Gasteiger partial charge in [-0.05, 0) is 39.8 Å². The van der Waals surface area contributed by atoms with E-state index in [1.54, 1.807) is 0 Å². The third-order valence-electron chi connectivity index (χ3n) is 2.61. The van der Waals surface area contributed by atoms with E-state index in [0.29, 0.717) is 6.04 Å². The number of nitrogens with zero attached hydrogens (tertiary/aromatic N) is 1. The van der Waals surface area contributed by atoms with E-state index in [1.807, 2.05) is 6.92 Å². The Labute approximate surface area is 99.8 Å². The zero-order valence-corrected chi connectivity index (χ0v) is 11.4. The van der Waals surface area contributed by atoms with Crippen molar-refractivity contribution in [2.45, 2.75) is 52.0 Å². The Morgan fingerprint density at radius 2 is 2.00 bits per heavy atom. The van der Waals surface area contributed by atoms with Gasteiger partial charge in [0.05, 0.1) is 0 Å². The van der Waals surface area contributed by atoms with Gasteiger partial charge in [0.25, 0.3) is 0 Å². The Kier molecular flexibility index (Phi) is 7.59. The Morgan fingerprint density at radius 3 is 2.47 bits per heavy atom. The summed E-state index contributed by atoms with van der Waals surface area (Å²) in [5.41, 5.74) is 1.38. The van der Waals surface area contributed by atoms with E-state index in [4.69, 9.17) is 11.6 Å². The lowest BCUT2D eigenvalue weighted by molar-refractivity contribution is 0.390. The van der Waals surface area contributed by atoms with Gasteiger partial charge in [0.2, 0.25) is 0 Å². The Morgan fingerprint density at radius 1 is 1.40 bits per heavy atom. The van der Waals surface area contributed by atoms with Crippen LogP contribution in [0.15, 0.2) is 23.9 Å². The number of rotatable bonds is 6. The summed E-state index contributed by atoms with van der Waals surface area (Å²) in [6.07, 6.45) is 8.58. The van der Waals surface area contributed by atoms with Crippen molar-refractivity contribution in [1.29, 1.82) is 0 Å². The van der Waals surface area contributed by atoms with Crippen LogP contribution in [0.1, 0.15) is 40.5 Å². The molecule has 2 heteroatoms. The van der Waals surface area contributed by atoms with Crippen molar-refractivity contribution >= 4 is 11.6 Å². The van der Waals surface area contributed by atoms with Crippen LogP contribution in [0.3, 0.4) is 0 Å². The number of likely N-dealkylation sites (N-methyl/N-ethyl adjacent to an activating group) is 1. The van der Waals surface area contributed by atoms with Crippen LogP contribution in [0, 0.1) is 0 Å². The van der Waals surface area contributed by atoms with Gasteiger partial charge in [0, 0.05) is 18.5 Å². The summed E-state index contributed by atoms with van der Waals surface area (Å²) >= 11 is 5.92. The van der Waals surface area contributed by atoms with E-state index >= 15 is 0 Å². The summed E-state index contributed by atoms with van der Waals surface area (Å²) in [5.74, 6) is 0. The SMILES string of the molecule is CC/C=C/N(C)C(C)/C(C)=C/CC(C)Cl. The normalized spacial score (nSPS) is 16.8. The van der Waals surface area contributed by atoms with Crippen molar-refractivity contribution in [1.82, 2.24) is 4.90 Å². The lowest BCUT2D eigenvalue weighted by atomic mass is 10.1. The molecule has 15 heavy (non-hydrogen) atoms. The third-order valence-corrected chi connectivity index (χ3v) is 2.79. The molecule has 0 N–H and O–H groups in total. The van der Waals surface area contributed by atoms with Gasteiger partial charge >= 0.3 is 0 Å². The molecule has 0 heterocycles. The molecule has 88 valence electrons. The topological polar surface area (TPSA) is 3.24 Å². The van der Waals surface area contributed by atoms with Crippen LogP contribution in [-0.4, -0.2) is 23.4 Å². The predicted octanol–water partition coefficient (Wildman–Crippen LogP) is 4.19. The van der Waals surface area contributed by atoms with E-state index < -0.39 is 0 Å². The van der Waals surface area contributed by atoms with Gasteiger partial charge in [-0.1, -0.05) is 24.6 Å². The molecule has 0 aliphatic rings. The van der Waals surface area contributed by atoms with Gasteiger partial charge in [0.1, 0.15) is 0 Å². The van der Waals surface area contributed by atoms with Crippen molar-refractivity contribution in [3.05, 3.63) is 23.9 Å². The largest absolute Gasteiger partial charge is 0.374 e. The molecule has 1 nitrogen and oxygen atoms in total. The monoisotopic (exact) mass is 229 g/mol. The molecule has 0 aromatic carbocycles. The molecule has 0 aromatic heterocycles. The second kappa shape index (κ2) is 7.81. The molecule has 0 aliphatic carbocycles. The quantitative estimate of drug-likeness (QED) is 0.488. The van der Waals surface area contributed by atoms with Crippen LogP contribution in [0.4, 0.5) is 0 Å². The summed E-state index contributed by atoms with van der Waals surface area (Å²) in [6.45, 7) is 8.55. The van der Waals surface area contributed by atoms with Crippen molar-refractivity contribution in [3.8, 4) is 0 Å². The maximum absolute atomic E-state index is 5.92. The number of allylic oxidation sites excluding steroid dienone is 2. The molecule has 2 unspecified atom stereocenters. The van der Waals surface area contributed by atoms with Crippen LogP contribution >= 0.6 is 11.6 Å². The van der Waals surface area contributed by atoms with Crippen LogP contribution < -0.4 is 0 Å². The number of hydrogen-bond acceptors (Lipinski definition) is 1. The average molecular weight is 230 g/mol. The molecule has 0 amide bonds. The highest BCUT2D eigenvalue weighted by Crippen LogP contribution is 2.12. The zero-order chi connectivity index (χ0) is 11.8. The van der Waals surface area contributed by atoms with Gasteiger partial charge in [-0.2, -0.15) is 0 Å². The first-order valence-corrected chi connectivity index (χ1v) is 6.12. The minimum absolute atomic E-state index is 0.226. The van der Waals surface area contributed by atoms with Crippen LogP contribution in [0.25, 0.3) is 0 Å². The van der Waals surface area contributed by atoms with E-state index in [0.717, 1.165) is 12.8 Å². The maximum Gasteiger partial charge on any atom is 0.0462 e. The fraction of sp³-hybridized carbons (Fsp3) is 0.692. The number of alkyl halides is 1. The lowest BCUT2D eigenvalue weighted by Gasteiger charge is -2.24. The zero-order valence-electron chi connectivity index (χ0n) is 10.6. The molecular formula is C13H24ClN. The Balaban J connectivity index is 4.23. The van der Waals surface area contributed by atoms with Crippen LogP contribution in [0.5, 0.6) is 0 Å². The highest BCUT2D eigenvalue weighted by Gasteiger charge is 2.07. The molecule has 0 spiro atoms. The third kappa shape index (κ3) is 6.62. The van der Waals surface area contributed by atoms with E-state index in [2.05, 4.69) is 51.1 Å². The highest BCUT2D eigenvalue weighted by atomic mass is 35.5. The van der Waals surface area contributed by atoms with E-state index in [1.165, 1.54) is 5.57 Å². The molecule has 0 radical (unpaired) electrons. The van der Waals surface area contributed by atoms with Gasteiger partial charge in [0.15, 0.2) is 0 Å². The average Bonchev–Trinajstić information content (AvgIpc) is 2.21. The minimum atomic E-state index is 0.226. The standard InChI is InChI=1S/C13H24ClN/c1-6-7-10-15(5)13(4)11(2)8-9-12(3)14/h7-8,10,12-13H,6,9H2,1-5H3/b10-7+,11-8+. The molecule has 2 atom stereocenters. The molecule has 0 saturated heterocycles. The first-order valence-electron chi connectivity index (χ1n) is 5.68. The second-order valence-electron chi connectivity index (χ2n) is 4.10. The molecule has 0 bridgehead atoms. The first-order chi connectivity index (χ1) is 6.99. The van der Waals surface area contributed by atoms with Gasteiger partial charge in [-0.15, -0.1) is 11.6 Å². The summed E-state index contributed by atoms with van der Waals surface area (Å²) in [6, 6.07) is 0.447. The molecule has 0 fully saturated rings. The lowest BCUT2D eigenvalue weighted by Crippen LogP contribution is -2.24. The van der Waals surface area contributed by atoms with Crippen molar-refractivity contribution in [2.75, 3.05) is 7.05 Å². The summed E-state index contributed by atoms with van der Waals surface area (Å²) in [5, 5.41) is 0.226. The number of hydrogen-bond donors (Lipinski definition) is 0. The van der Waals surface area contributed by atoms with Gasteiger partial charge < -0.3 is 4.90 Å². The van der Waals surface area contributed by atoms with E-state index in [-0.39, 0.29) is 5.38 Å². The predicted molar refractivity (Wildman–Crippen MR) is 70.3 cm³/mol. The van der Waals surface area contributed by atoms with Crippen LogP contribution in [-0.2, 0) is 0 Å². The minimum Gasteiger partial charge on any atom is -0.374 e. The second-order valence-corrected chi connectivity index (χ2v) is 4.84. The molecular weight excluding hydrogens is 206 g/mol. The molecule has 0 aliphatic heterocycles. The summed E-state index contributed by atoms with van der Waals surface area (Å²) in [4.78, 5) is 2.23. The van der Waals surface area contributed by atoms with Gasteiger partial charge in [-0.25, -0.2) is 0 Å². The first kappa shape index (κ1) is 14.6. The fourth-order valence-corrected chi connectivity index (χ4v) is 1.33. The molecule has 0 saturated carbocycles. The van der Waals surface area contributed by atoms with Crippen molar-refractivity contribution < 1.29 is 0 Å². The number of halogens is 1. The van der Waals surface area contributed by atoms with Gasteiger partial charge in [-0.3, -0.25) is 0 Å². The van der Waals surface area contributed by atoms with E-state index in [9.17, 15) is 0 Å². The Bertz CT molecular complexity index is 219. The van der Waals surface area contributed by atoms with Crippen molar-refractivity contribution in [2.24, 2.45) is 0 Å².